The van der Waals surface area contributed by atoms with Crippen LogP contribution in [-0.4, -0.2) is 32.5 Å². The number of hydrogen-bond acceptors (Lipinski definition) is 3. The van der Waals surface area contributed by atoms with Crippen molar-refractivity contribution in [3.8, 4) is 0 Å². The first-order chi connectivity index (χ1) is 8.58. The van der Waals surface area contributed by atoms with E-state index in [0.717, 1.165) is 12.6 Å². The molecule has 0 saturated heterocycles. The monoisotopic (exact) mass is 296 g/mol. The topological polar surface area (TPSA) is 63.4 Å². The van der Waals surface area contributed by atoms with Crippen LogP contribution in [0.25, 0.3) is 0 Å². The number of rotatable bonds is 4. The Bertz CT molecular complexity index is 556. The maximum absolute atomic E-state index is 12.2. The summed E-state index contributed by atoms with van der Waals surface area (Å²) in [5, 5.41) is 0. The van der Waals surface area contributed by atoms with Gasteiger partial charge < -0.3 is 5.73 Å². The van der Waals surface area contributed by atoms with Crippen LogP contribution in [0, 0.1) is 0 Å². The molecular formula is C11H15F3N2O2S. The molecule has 19 heavy (non-hydrogen) atoms. The molecule has 0 aliphatic rings. The van der Waals surface area contributed by atoms with Crippen molar-refractivity contribution >= 4 is 15.7 Å². The lowest BCUT2D eigenvalue weighted by Gasteiger charge is -2.19. The number of hydrogen-bond donors (Lipinski definition) is 1. The van der Waals surface area contributed by atoms with Crippen LogP contribution in [0.4, 0.5) is 18.9 Å². The number of nitrogens with zero attached hydrogens (tertiary/aromatic N) is 1. The number of sulfonamides is 1. The van der Waals surface area contributed by atoms with Crippen molar-refractivity contribution in [3.05, 3.63) is 23.8 Å². The molecule has 0 unspecified atom stereocenters. The summed E-state index contributed by atoms with van der Waals surface area (Å²) in [6.07, 6.45) is -3.97. The molecule has 0 amide bonds. The van der Waals surface area contributed by atoms with E-state index in [0.29, 0.717) is 6.42 Å². The molecular weight excluding hydrogens is 281 g/mol. The quantitative estimate of drug-likeness (QED) is 0.865. The summed E-state index contributed by atoms with van der Waals surface area (Å²) in [6.45, 7) is 0.306. The summed E-state index contributed by atoms with van der Waals surface area (Å²) in [6, 6.07) is 3.95. The lowest BCUT2D eigenvalue weighted by molar-refractivity contribution is -0.134. The predicted octanol–water partition coefficient (Wildman–Crippen LogP) is 2.01. The molecule has 8 heteroatoms. The third-order valence-corrected chi connectivity index (χ3v) is 4.41. The van der Waals surface area contributed by atoms with Gasteiger partial charge in [-0.2, -0.15) is 17.5 Å². The Labute approximate surface area is 110 Å². The minimum absolute atomic E-state index is 0.242. The van der Waals surface area contributed by atoms with E-state index in [-0.39, 0.29) is 14.9 Å². The molecule has 4 nitrogen and oxygen atoms in total. The largest absolute Gasteiger partial charge is 0.402 e. The number of nitrogen functional groups attached to an aromatic ring is 1. The number of benzene rings is 1. The fourth-order valence-electron chi connectivity index (χ4n) is 1.57. The van der Waals surface area contributed by atoms with Gasteiger partial charge in [0.25, 0.3) is 0 Å². The smallest absolute Gasteiger partial charge is 0.398 e. The highest BCUT2D eigenvalue weighted by Crippen LogP contribution is 2.24. The van der Waals surface area contributed by atoms with Gasteiger partial charge in [0.05, 0.1) is 4.90 Å². The minimum atomic E-state index is -4.59. The van der Waals surface area contributed by atoms with Crippen LogP contribution >= 0.6 is 0 Å². The Morgan fingerprint density at radius 1 is 1.32 bits per heavy atom. The van der Waals surface area contributed by atoms with E-state index in [4.69, 9.17) is 5.73 Å². The van der Waals surface area contributed by atoms with Crippen LogP contribution in [0.2, 0.25) is 0 Å². The molecule has 1 aromatic rings. The molecule has 0 saturated carbocycles. The van der Waals surface area contributed by atoms with Gasteiger partial charge in [0.2, 0.25) is 10.0 Å². The number of halogens is 3. The van der Waals surface area contributed by atoms with Gasteiger partial charge >= 0.3 is 6.18 Å². The van der Waals surface area contributed by atoms with Crippen molar-refractivity contribution in [3.63, 3.8) is 0 Å². The molecule has 0 fully saturated rings. The second-order valence-electron chi connectivity index (χ2n) is 4.09. The van der Waals surface area contributed by atoms with Gasteiger partial charge in [-0.15, -0.1) is 0 Å². The maximum atomic E-state index is 12.2. The van der Waals surface area contributed by atoms with Gasteiger partial charge in [-0.3, -0.25) is 0 Å². The third kappa shape index (κ3) is 3.84. The highest BCUT2D eigenvalue weighted by atomic mass is 32.2. The molecule has 2 N–H and O–H groups in total. The van der Waals surface area contributed by atoms with Gasteiger partial charge in [-0.05, 0) is 24.1 Å². The Kier molecular flexibility index (Phi) is 4.46. The van der Waals surface area contributed by atoms with Crippen molar-refractivity contribution < 1.29 is 21.6 Å². The molecule has 0 aliphatic heterocycles. The Balaban J connectivity index is 3.10. The maximum Gasteiger partial charge on any atom is 0.402 e. The number of alkyl halides is 3. The van der Waals surface area contributed by atoms with Crippen LogP contribution < -0.4 is 5.73 Å². The SMILES string of the molecule is CCc1ccc(S(=O)(=O)N(C)CC(F)(F)F)cc1N. The zero-order valence-electron chi connectivity index (χ0n) is 10.5. The number of nitrogens with two attached hydrogens (primary N) is 1. The van der Waals surface area contributed by atoms with Crippen LogP contribution in [-0.2, 0) is 16.4 Å². The zero-order chi connectivity index (χ0) is 14.8. The molecule has 1 aromatic carbocycles. The lowest BCUT2D eigenvalue weighted by atomic mass is 10.1. The fraction of sp³-hybridized carbons (Fsp3) is 0.455. The van der Waals surface area contributed by atoms with Crippen LogP contribution in [0.3, 0.4) is 0 Å². The third-order valence-electron chi connectivity index (χ3n) is 2.61. The summed E-state index contributed by atoms with van der Waals surface area (Å²) in [7, 11) is -3.30. The van der Waals surface area contributed by atoms with Gasteiger partial charge in [0, 0.05) is 12.7 Å². The molecule has 1 rings (SSSR count). The number of anilines is 1. The van der Waals surface area contributed by atoms with Crippen LogP contribution in [0.1, 0.15) is 12.5 Å². The summed E-state index contributed by atoms with van der Waals surface area (Å²) >= 11 is 0. The van der Waals surface area contributed by atoms with E-state index in [9.17, 15) is 21.6 Å². The molecule has 0 aromatic heterocycles. The van der Waals surface area contributed by atoms with Crippen LogP contribution in [0.5, 0.6) is 0 Å². The first-order valence-corrected chi connectivity index (χ1v) is 6.93. The Morgan fingerprint density at radius 2 is 1.89 bits per heavy atom. The van der Waals surface area contributed by atoms with Crippen molar-refractivity contribution in [2.75, 3.05) is 19.3 Å². The highest BCUT2D eigenvalue weighted by molar-refractivity contribution is 7.89. The highest BCUT2D eigenvalue weighted by Gasteiger charge is 2.34. The molecule has 0 atom stereocenters. The van der Waals surface area contributed by atoms with E-state index in [1.54, 1.807) is 0 Å². The van der Waals surface area contributed by atoms with Crippen LogP contribution in [0.15, 0.2) is 23.1 Å². The standard InChI is InChI=1S/C11H15F3N2O2S/c1-3-8-4-5-9(6-10(8)15)19(17,18)16(2)7-11(12,13)14/h4-6H,3,7,15H2,1-2H3. The molecule has 0 bridgehead atoms. The second-order valence-corrected chi connectivity index (χ2v) is 6.14. The average molecular weight is 296 g/mol. The first-order valence-electron chi connectivity index (χ1n) is 5.49. The first kappa shape index (κ1) is 15.8. The van der Waals surface area contributed by atoms with Crippen molar-refractivity contribution in [1.82, 2.24) is 4.31 Å². The summed E-state index contributed by atoms with van der Waals surface area (Å²) in [4.78, 5) is -0.242. The zero-order valence-corrected chi connectivity index (χ0v) is 11.3. The molecule has 0 radical (unpaired) electrons. The van der Waals surface area contributed by atoms with Crippen molar-refractivity contribution in [2.24, 2.45) is 0 Å². The van der Waals surface area contributed by atoms with Gasteiger partial charge in [0.15, 0.2) is 0 Å². The van der Waals surface area contributed by atoms with Crippen molar-refractivity contribution in [2.45, 2.75) is 24.4 Å². The van der Waals surface area contributed by atoms with E-state index in [1.807, 2.05) is 6.92 Å². The van der Waals surface area contributed by atoms with E-state index in [1.165, 1.54) is 18.2 Å². The van der Waals surface area contributed by atoms with E-state index < -0.39 is 22.7 Å². The Hall–Kier alpha value is -1.28. The molecule has 108 valence electrons. The molecule has 0 spiro atoms. The Morgan fingerprint density at radius 3 is 2.32 bits per heavy atom. The summed E-state index contributed by atoms with van der Waals surface area (Å²) in [5.41, 5.74) is 6.65. The van der Waals surface area contributed by atoms with E-state index >= 15 is 0 Å². The van der Waals surface area contributed by atoms with Gasteiger partial charge in [-0.25, -0.2) is 8.42 Å². The second kappa shape index (κ2) is 5.38. The van der Waals surface area contributed by atoms with Gasteiger partial charge in [-0.1, -0.05) is 13.0 Å². The van der Waals surface area contributed by atoms with Crippen molar-refractivity contribution in [1.29, 1.82) is 0 Å². The molecule has 0 heterocycles. The predicted molar refractivity (Wildman–Crippen MR) is 66.1 cm³/mol. The normalized spacial score (nSPS) is 12.9. The fourth-order valence-corrected chi connectivity index (χ4v) is 2.76. The molecule has 0 aliphatic carbocycles. The average Bonchev–Trinajstić information content (AvgIpc) is 2.26. The van der Waals surface area contributed by atoms with Gasteiger partial charge in [0.1, 0.15) is 6.54 Å². The minimum Gasteiger partial charge on any atom is -0.398 e. The van der Waals surface area contributed by atoms with E-state index in [2.05, 4.69) is 0 Å². The summed E-state index contributed by atoms with van der Waals surface area (Å²) < 4.78 is 60.8. The number of aryl methyl sites for hydroxylation is 1. The summed E-state index contributed by atoms with van der Waals surface area (Å²) in [5.74, 6) is 0. The lowest BCUT2D eigenvalue weighted by Crippen LogP contribution is -2.35.